The van der Waals surface area contributed by atoms with E-state index in [2.05, 4.69) is 4.74 Å². The van der Waals surface area contributed by atoms with E-state index in [1.807, 2.05) is 4.72 Å². The van der Waals surface area contributed by atoms with Gasteiger partial charge in [-0.2, -0.15) is 4.72 Å². The summed E-state index contributed by atoms with van der Waals surface area (Å²) in [5.74, 6) is -1.39. The summed E-state index contributed by atoms with van der Waals surface area (Å²) in [6.07, 6.45) is 0. The Kier molecular flexibility index (Phi) is 4.44. The second-order valence-electron chi connectivity index (χ2n) is 2.98. The number of halogens is 2. The molecule has 0 unspecified atom stereocenters. The number of hydrogen-bond acceptors (Lipinski definition) is 4. The van der Waals surface area contributed by atoms with Crippen molar-refractivity contribution in [2.24, 2.45) is 0 Å². The van der Waals surface area contributed by atoms with Crippen LogP contribution >= 0.6 is 11.6 Å². The number of hydrogen-bond donors (Lipinski definition) is 1. The number of esters is 1. The van der Waals surface area contributed by atoms with Crippen LogP contribution in [0.3, 0.4) is 0 Å². The molecular formula is C9H9ClFNO4S. The first-order valence-electron chi connectivity index (χ1n) is 4.38. The molecule has 0 atom stereocenters. The third-order valence-electron chi connectivity index (χ3n) is 1.82. The normalized spacial score (nSPS) is 11.2. The molecule has 0 fully saturated rings. The van der Waals surface area contributed by atoms with E-state index in [9.17, 15) is 17.6 Å². The van der Waals surface area contributed by atoms with Crippen molar-refractivity contribution in [1.82, 2.24) is 4.72 Å². The van der Waals surface area contributed by atoms with Crippen molar-refractivity contribution in [2.75, 3.05) is 13.7 Å². The fourth-order valence-corrected chi connectivity index (χ4v) is 2.50. The van der Waals surface area contributed by atoms with Crippen molar-refractivity contribution in [3.8, 4) is 0 Å². The average Bonchev–Trinajstić information content (AvgIpc) is 2.25. The van der Waals surface area contributed by atoms with Crippen LogP contribution in [-0.4, -0.2) is 28.0 Å². The summed E-state index contributed by atoms with van der Waals surface area (Å²) < 4.78 is 42.3. The first-order chi connectivity index (χ1) is 7.86. The molecule has 0 saturated heterocycles. The topological polar surface area (TPSA) is 72.5 Å². The van der Waals surface area contributed by atoms with Gasteiger partial charge in [-0.25, -0.2) is 12.8 Å². The zero-order chi connectivity index (χ0) is 13.1. The monoisotopic (exact) mass is 281 g/mol. The van der Waals surface area contributed by atoms with Gasteiger partial charge in [-0.1, -0.05) is 11.6 Å². The maximum atomic E-state index is 12.7. The largest absolute Gasteiger partial charge is 0.468 e. The summed E-state index contributed by atoms with van der Waals surface area (Å²) >= 11 is 5.59. The standard InChI is InChI=1S/C9H9ClFNO4S/c1-16-9(13)5-12-17(14,15)8-3-2-6(11)4-7(8)10/h2-4,12H,5H2,1H3. The summed E-state index contributed by atoms with van der Waals surface area (Å²) in [6.45, 7) is -0.521. The maximum absolute atomic E-state index is 12.7. The van der Waals surface area contributed by atoms with E-state index in [-0.39, 0.29) is 9.92 Å². The number of sulfonamides is 1. The molecule has 0 aromatic heterocycles. The molecule has 1 aromatic carbocycles. The Balaban J connectivity index is 2.94. The van der Waals surface area contributed by atoms with Crippen LogP contribution in [0.1, 0.15) is 0 Å². The SMILES string of the molecule is COC(=O)CNS(=O)(=O)c1ccc(F)cc1Cl. The van der Waals surface area contributed by atoms with Gasteiger partial charge in [0, 0.05) is 0 Å². The minimum Gasteiger partial charge on any atom is -0.468 e. The van der Waals surface area contributed by atoms with Gasteiger partial charge in [0.1, 0.15) is 17.3 Å². The molecule has 1 aromatic rings. The van der Waals surface area contributed by atoms with Crippen molar-refractivity contribution in [3.63, 3.8) is 0 Å². The molecule has 0 radical (unpaired) electrons. The number of carbonyl (C=O) groups is 1. The molecule has 0 heterocycles. The third kappa shape index (κ3) is 3.65. The zero-order valence-electron chi connectivity index (χ0n) is 8.74. The molecule has 0 bridgehead atoms. The number of nitrogens with one attached hydrogen (secondary N) is 1. The Morgan fingerprint density at radius 2 is 2.18 bits per heavy atom. The molecule has 1 N–H and O–H groups in total. The molecule has 0 aliphatic rings. The van der Waals surface area contributed by atoms with Gasteiger partial charge >= 0.3 is 5.97 Å². The highest BCUT2D eigenvalue weighted by Gasteiger charge is 2.19. The van der Waals surface area contributed by atoms with Crippen LogP contribution in [0.2, 0.25) is 5.02 Å². The number of rotatable bonds is 4. The summed E-state index contributed by atoms with van der Waals surface area (Å²) in [5.41, 5.74) is 0. The Hall–Kier alpha value is -1.18. The minimum absolute atomic E-state index is 0.262. The van der Waals surface area contributed by atoms with Gasteiger partial charge in [-0.05, 0) is 18.2 Å². The lowest BCUT2D eigenvalue weighted by Gasteiger charge is -2.07. The minimum atomic E-state index is -3.96. The summed E-state index contributed by atoms with van der Waals surface area (Å²) in [6, 6.07) is 2.84. The van der Waals surface area contributed by atoms with Crippen molar-refractivity contribution in [2.45, 2.75) is 4.90 Å². The van der Waals surface area contributed by atoms with E-state index in [4.69, 9.17) is 11.6 Å². The maximum Gasteiger partial charge on any atom is 0.320 e. The van der Waals surface area contributed by atoms with Crippen LogP contribution in [0.5, 0.6) is 0 Å². The van der Waals surface area contributed by atoms with Crippen LogP contribution in [0.25, 0.3) is 0 Å². The van der Waals surface area contributed by atoms with Crippen molar-refractivity contribution in [3.05, 3.63) is 29.0 Å². The van der Waals surface area contributed by atoms with Gasteiger partial charge in [-0.15, -0.1) is 0 Å². The van der Waals surface area contributed by atoms with Crippen LogP contribution in [0, 0.1) is 5.82 Å². The fraction of sp³-hybridized carbons (Fsp3) is 0.222. The van der Waals surface area contributed by atoms with E-state index in [1.165, 1.54) is 0 Å². The van der Waals surface area contributed by atoms with Crippen molar-refractivity contribution in [1.29, 1.82) is 0 Å². The zero-order valence-corrected chi connectivity index (χ0v) is 10.3. The molecule has 0 spiro atoms. The summed E-state index contributed by atoms with van der Waals surface area (Å²) in [5, 5.41) is -0.262. The smallest absolute Gasteiger partial charge is 0.320 e. The summed E-state index contributed by atoms with van der Waals surface area (Å²) in [4.78, 5) is 10.5. The van der Waals surface area contributed by atoms with E-state index in [0.29, 0.717) is 0 Å². The van der Waals surface area contributed by atoms with E-state index < -0.39 is 28.4 Å². The molecule has 0 aliphatic heterocycles. The van der Waals surface area contributed by atoms with E-state index >= 15 is 0 Å². The second kappa shape index (κ2) is 5.44. The lowest BCUT2D eigenvalue weighted by molar-refractivity contribution is -0.139. The van der Waals surface area contributed by atoms with Gasteiger partial charge in [0.2, 0.25) is 10.0 Å². The molecule has 8 heteroatoms. The van der Waals surface area contributed by atoms with Crippen LogP contribution in [-0.2, 0) is 19.6 Å². The lowest BCUT2D eigenvalue weighted by Crippen LogP contribution is -2.30. The van der Waals surface area contributed by atoms with Crippen LogP contribution in [0.4, 0.5) is 4.39 Å². The van der Waals surface area contributed by atoms with Crippen molar-refractivity contribution < 1.29 is 22.3 Å². The second-order valence-corrected chi connectivity index (χ2v) is 5.12. The predicted molar refractivity (Wildman–Crippen MR) is 58.6 cm³/mol. The van der Waals surface area contributed by atoms with E-state index in [1.54, 1.807) is 0 Å². The molecule has 5 nitrogen and oxygen atoms in total. The van der Waals surface area contributed by atoms with Gasteiger partial charge in [0.25, 0.3) is 0 Å². The van der Waals surface area contributed by atoms with Gasteiger partial charge < -0.3 is 4.74 Å². The molecule has 0 aliphatic carbocycles. The van der Waals surface area contributed by atoms with Gasteiger partial charge in [-0.3, -0.25) is 4.79 Å². The highest BCUT2D eigenvalue weighted by atomic mass is 35.5. The van der Waals surface area contributed by atoms with Gasteiger partial charge in [0.05, 0.1) is 12.1 Å². The molecule has 0 saturated carbocycles. The number of methoxy groups -OCH3 is 1. The number of ether oxygens (including phenoxy) is 1. The quantitative estimate of drug-likeness (QED) is 0.834. The van der Waals surface area contributed by atoms with Crippen molar-refractivity contribution >= 4 is 27.6 Å². The molecular weight excluding hydrogens is 273 g/mol. The van der Waals surface area contributed by atoms with Crippen LogP contribution < -0.4 is 4.72 Å². The van der Waals surface area contributed by atoms with Crippen LogP contribution in [0.15, 0.2) is 23.1 Å². The lowest BCUT2D eigenvalue weighted by atomic mass is 10.3. The Morgan fingerprint density at radius 3 is 2.71 bits per heavy atom. The number of benzene rings is 1. The molecule has 1 rings (SSSR count). The number of carbonyl (C=O) groups excluding carboxylic acids is 1. The molecule has 0 amide bonds. The average molecular weight is 282 g/mol. The Morgan fingerprint density at radius 1 is 1.53 bits per heavy atom. The first kappa shape index (κ1) is 13.9. The highest BCUT2D eigenvalue weighted by Crippen LogP contribution is 2.21. The fourth-order valence-electron chi connectivity index (χ4n) is 0.997. The predicted octanol–water partition coefficient (Wildman–Crippen LogP) is 0.930. The Labute approximate surface area is 103 Å². The summed E-state index contributed by atoms with van der Waals surface area (Å²) in [7, 11) is -2.84. The molecule has 94 valence electrons. The third-order valence-corrected chi connectivity index (χ3v) is 3.70. The van der Waals surface area contributed by atoms with E-state index in [0.717, 1.165) is 25.3 Å². The highest BCUT2D eigenvalue weighted by molar-refractivity contribution is 7.89. The first-order valence-corrected chi connectivity index (χ1v) is 6.24. The molecule has 17 heavy (non-hydrogen) atoms. The Bertz CT molecular complexity index is 532. The van der Waals surface area contributed by atoms with Gasteiger partial charge in [0.15, 0.2) is 0 Å².